The van der Waals surface area contributed by atoms with Gasteiger partial charge in [-0.15, -0.1) is 0 Å². The van der Waals surface area contributed by atoms with Crippen molar-refractivity contribution in [3.8, 4) is 17.2 Å². The highest BCUT2D eigenvalue weighted by atomic mass is 35.5. The molecule has 142 heavy (non-hydrogen) atoms. The maximum atomic E-state index is 12.1. The van der Waals surface area contributed by atoms with E-state index in [0.29, 0.717) is 130 Å². The monoisotopic (exact) mass is 1990 g/mol. The molecule has 0 aliphatic rings. The second-order valence-electron chi connectivity index (χ2n) is 32.6. The minimum atomic E-state index is -0.215. The number of benzene rings is 8. The SMILES string of the molecule is CCNC(=O)c1nc(Cl)c2cc(OC)ccc2c1C.CCNC(=O)c1nc(Cl)c2cc(OCc3ccccc3)ccc2c1C.CCNC(=O)c1nc(Cl)c2ccccc2c1C.CCNC(=O)c1nc2cc(Cl)ccc2cc1C.CCNC(=O)c1nc2ccc(OC(C)C)cc2cc1C.CCNC(=O)c1ncc2ccccc2c1C.CCNC(=O)c1ncccc1C.Cc1c[nH]c2c(ccc3cccnc32)c1=O. The Morgan fingerprint density at radius 1 is 0.345 bits per heavy atom. The Hall–Kier alpha value is -15.2. The van der Waals surface area contributed by atoms with Gasteiger partial charge in [0.15, 0.2) is 5.43 Å². The summed E-state index contributed by atoms with van der Waals surface area (Å²) in [7, 11) is 1.60. The molecule has 0 bridgehead atoms. The van der Waals surface area contributed by atoms with Crippen molar-refractivity contribution < 1.29 is 47.8 Å². The first-order valence-corrected chi connectivity index (χ1v) is 47.9. The fraction of sp³-hybridized carbons (Fsp3) is 0.243. The lowest BCUT2D eigenvalue weighted by atomic mass is 10.0. The number of hydrogen-bond donors (Lipinski definition) is 8. The quantitative estimate of drug-likeness (QED) is 0.0259. The second kappa shape index (κ2) is 52.7. The van der Waals surface area contributed by atoms with Crippen LogP contribution < -0.4 is 56.9 Å². The first kappa shape index (κ1) is 109. The molecule has 9 aromatic heterocycles. The number of carbonyl (C=O) groups excluding carboxylic acids is 7. The lowest BCUT2D eigenvalue weighted by Crippen LogP contribution is -2.24. The number of aryl methyl sites for hydroxylation is 8. The summed E-state index contributed by atoms with van der Waals surface area (Å²) in [6.07, 6.45) is 6.97. The van der Waals surface area contributed by atoms with Crippen LogP contribution in [-0.2, 0) is 6.61 Å². The third kappa shape index (κ3) is 28.4. The summed E-state index contributed by atoms with van der Waals surface area (Å²) in [5, 5.41) is 31.9. The minimum Gasteiger partial charge on any atom is -0.497 e. The van der Waals surface area contributed by atoms with Crippen LogP contribution in [0.4, 0.5) is 0 Å². The molecule has 31 heteroatoms. The summed E-state index contributed by atoms with van der Waals surface area (Å²) in [5.74, 6) is 1.15. The molecule has 0 aliphatic heterocycles. The van der Waals surface area contributed by atoms with Gasteiger partial charge in [-0.1, -0.05) is 162 Å². The third-order valence-corrected chi connectivity index (χ3v) is 23.1. The molecule has 17 aromatic rings. The molecule has 0 fully saturated rings. The van der Waals surface area contributed by atoms with Crippen LogP contribution in [0, 0.1) is 55.4 Å². The first-order chi connectivity index (χ1) is 68.2. The minimum absolute atomic E-state index is 0.0707. The highest BCUT2D eigenvalue weighted by molar-refractivity contribution is 6.36. The lowest BCUT2D eigenvalue weighted by molar-refractivity contribution is 0.0942. The lowest BCUT2D eigenvalue weighted by Gasteiger charge is -2.12. The van der Waals surface area contributed by atoms with Gasteiger partial charge in [-0.2, -0.15) is 0 Å². The van der Waals surface area contributed by atoms with Crippen molar-refractivity contribution in [3.05, 3.63) is 346 Å². The zero-order chi connectivity index (χ0) is 103. The maximum Gasteiger partial charge on any atom is 0.270 e. The molecule has 17 rings (SSSR count). The number of aromatic nitrogens is 9. The Morgan fingerprint density at radius 2 is 0.775 bits per heavy atom. The topological polar surface area (TPSA) is 367 Å². The molecule has 9 heterocycles. The molecule has 0 atom stereocenters. The molecule has 0 aliphatic carbocycles. The van der Waals surface area contributed by atoms with E-state index in [2.05, 4.69) is 82.1 Å². The van der Waals surface area contributed by atoms with Crippen molar-refractivity contribution in [2.45, 2.75) is 130 Å². The van der Waals surface area contributed by atoms with Gasteiger partial charge in [-0.3, -0.25) is 53.3 Å². The third-order valence-electron chi connectivity index (χ3n) is 22.0. The van der Waals surface area contributed by atoms with E-state index in [4.69, 9.17) is 60.6 Å². The normalized spacial score (nSPS) is 10.6. The van der Waals surface area contributed by atoms with Gasteiger partial charge in [0.1, 0.15) is 79.2 Å². The molecule has 0 radical (unpaired) electrons. The standard InChI is InChI=1S/C20H19ClN2O2.C16H20N2O2.C14H15ClN2O2.2C13H13ClN2O.C13H10N2O.C13H14N2O.C9H12N2O/c1-3-22-20(24)18-13(2)16-10-9-15(11-17(16)19(21)23-18)25-12-14-7-5-4-6-8-14;1-5-17-16(19)15-11(4)8-12-9-13(20-10(2)3)6-7-14(12)18-15;1-4-16-14(18)12-8(2)10-6-5-9(19-3)7-11(10)13(15)17-12;1-3-15-13(17)12-8(2)6-9-4-5-10(14)7-11(9)16-12;1-3-15-13(17)11-8(2)9-6-4-5-7-10(9)12(14)16-11;1-8-7-15-12-10(13(8)16)5-4-9-3-2-6-14-11(9)12;1-3-14-13(16)12-9(2)11-7-5-4-6-10(11)8-15-12;1-3-10-9(12)8-7(2)5-4-6-11-8/h4-11H,3,12H2,1-2H3,(H,22,24);6-10H,5H2,1-4H3,(H,17,19);5-7H,4H2,1-3H3,(H,16,18);2*4-7H,3H2,1-2H3,(H,15,17);2-7H,1H3,(H,15,16);4-8H,3H2,1-2H3,(H,14,16);4-6H,3H2,1-2H3,(H,10,12). The van der Waals surface area contributed by atoms with Gasteiger partial charge in [-0.25, -0.2) is 24.9 Å². The van der Waals surface area contributed by atoms with E-state index >= 15 is 0 Å². The van der Waals surface area contributed by atoms with Crippen LogP contribution in [0.25, 0.3) is 86.7 Å². The fourth-order valence-electron chi connectivity index (χ4n) is 15.0. The van der Waals surface area contributed by atoms with Crippen LogP contribution in [0.2, 0.25) is 20.5 Å². The Bertz CT molecular complexity index is 7520. The van der Waals surface area contributed by atoms with Gasteiger partial charge in [0.2, 0.25) is 0 Å². The second-order valence-corrected chi connectivity index (χ2v) is 34.1. The number of pyridine rings is 9. The van der Waals surface area contributed by atoms with Gasteiger partial charge in [0, 0.05) is 124 Å². The number of carbonyl (C=O) groups is 7. The summed E-state index contributed by atoms with van der Waals surface area (Å²) >= 11 is 24.5. The van der Waals surface area contributed by atoms with Crippen LogP contribution in [0.1, 0.15) is 186 Å². The number of rotatable bonds is 20. The molecule has 27 nitrogen and oxygen atoms in total. The number of aromatic amines is 1. The Kier molecular flexibility index (Phi) is 40.4. The molecule has 8 aromatic carbocycles. The van der Waals surface area contributed by atoms with Gasteiger partial charge in [0.25, 0.3) is 41.4 Å². The molecule has 8 N–H and O–H groups in total. The summed E-state index contributed by atoms with van der Waals surface area (Å²) < 4.78 is 16.7. The van der Waals surface area contributed by atoms with Crippen LogP contribution >= 0.6 is 46.4 Å². The van der Waals surface area contributed by atoms with E-state index in [9.17, 15) is 38.4 Å². The number of nitrogens with zero attached hydrogens (tertiary/aromatic N) is 8. The van der Waals surface area contributed by atoms with Crippen molar-refractivity contribution in [2.24, 2.45) is 0 Å². The largest absolute Gasteiger partial charge is 0.497 e. The molecule has 0 saturated heterocycles. The number of halogens is 4. The highest BCUT2D eigenvalue weighted by Crippen LogP contribution is 2.34. The van der Waals surface area contributed by atoms with E-state index in [-0.39, 0.29) is 52.9 Å². The van der Waals surface area contributed by atoms with E-state index in [1.807, 2.05) is 305 Å². The molecule has 7 amide bonds. The predicted octanol–water partition coefficient (Wildman–Crippen LogP) is 22.3. The molecular weight excluding hydrogens is 1880 g/mol. The van der Waals surface area contributed by atoms with Crippen molar-refractivity contribution in [3.63, 3.8) is 0 Å². The van der Waals surface area contributed by atoms with Crippen molar-refractivity contribution in [2.75, 3.05) is 52.9 Å². The molecule has 0 spiro atoms. The number of methoxy groups -OCH3 is 1. The molecule has 0 saturated carbocycles. The molecule has 734 valence electrons. The predicted molar refractivity (Wildman–Crippen MR) is 572 cm³/mol. The Labute approximate surface area is 844 Å². The van der Waals surface area contributed by atoms with Gasteiger partial charge in [-0.05, 0) is 269 Å². The Morgan fingerprint density at radius 3 is 1.32 bits per heavy atom. The average Bonchev–Trinajstić information content (AvgIpc) is 0.781. The first-order valence-electron chi connectivity index (χ1n) is 46.4. The molecule has 0 unspecified atom stereocenters. The summed E-state index contributed by atoms with van der Waals surface area (Å²) in [5.41, 5.74) is 14.2. The van der Waals surface area contributed by atoms with Gasteiger partial charge < -0.3 is 56.4 Å². The highest BCUT2D eigenvalue weighted by Gasteiger charge is 2.22. The summed E-state index contributed by atoms with van der Waals surface area (Å²) in [6, 6.07) is 63.3. The van der Waals surface area contributed by atoms with Gasteiger partial charge in [0.05, 0.1) is 35.3 Å². The van der Waals surface area contributed by atoms with Crippen LogP contribution in [-0.4, -0.2) is 145 Å². The van der Waals surface area contributed by atoms with E-state index in [0.717, 1.165) is 137 Å². The Balaban J connectivity index is 0.000000168. The number of amides is 7. The molecular formula is C111H116Cl4N16O11. The number of fused-ring (bicyclic) bond motifs is 9. The van der Waals surface area contributed by atoms with E-state index in [1.54, 1.807) is 44.9 Å². The number of nitrogens with one attached hydrogen (secondary N) is 8. The van der Waals surface area contributed by atoms with Gasteiger partial charge >= 0.3 is 0 Å². The maximum absolute atomic E-state index is 12.1. The van der Waals surface area contributed by atoms with Crippen LogP contribution in [0.15, 0.2) is 230 Å². The number of hydrogen-bond acceptors (Lipinski definition) is 19. The smallest absolute Gasteiger partial charge is 0.270 e. The average molecular weight is 1990 g/mol. The number of H-pyrrole nitrogens is 1. The van der Waals surface area contributed by atoms with E-state index < -0.39 is 0 Å². The van der Waals surface area contributed by atoms with E-state index in [1.165, 1.54) is 0 Å². The van der Waals surface area contributed by atoms with Crippen LogP contribution in [0.5, 0.6) is 17.2 Å². The van der Waals surface area contributed by atoms with Crippen molar-refractivity contribution in [1.29, 1.82) is 0 Å². The van der Waals surface area contributed by atoms with Crippen molar-refractivity contribution >= 4 is 174 Å². The van der Waals surface area contributed by atoms with Crippen molar-refractivity contribution in [1.82, 2.24) is 82.1 Å². The zero-order valence-electron chi connectivity index (χ0n) is 82.7. The summed E-state index contributed by atoms with van der Waals surface area (Å²) in [6.45, 7) is 36.7. The fourth-order valence-corrected chi connectivity index (χ4v) is 15.9. The van der Waals surface area contributed by atoms with Crippen LogP contribution in [0.3, 0.4) is 0 Å². The zero-order valence-corrected chi connectivity index (χ0v) is 85.7. The number of ether oxygens (including phenoxy) is 3. The summed E-state index contributed by atoms with van der Waals surface area (Å²) in [4.78, 5) is 132.